The fraction of sp³-hybridized carbons (Fsp3) is 0.100. The molecule has 0 unspecified atom stereocenters. The number of ether oxygens (including phenoxy) is 1. The average Bonchev–Trinajstić information content (AvgIpc) is 2.66. The van der Waals surface area contributed by atoms with E-state index in [1.54, 1.807) is 18.2 Å². The van der Waals surface area contributed by atoms with Crippen molar-refractivity contribution in [3.8, 4) is 5.75 Å². The van der Waals surface area contributed by atoms with Gasteiger partial charge in [0.2, 0.25) is 0 Å². The Morgan fingerprint density at radius 2 is 2.31 bits per heavy atom. The zero-order chi connectivity index (χ0) is 11.7. The molecular weight excluding hydrogens is 210 g/mol. The van der Waals surface area contributed by atoms with Gasteiger partial charge >= 0.3 is 6.03 Å². The van der Waals surface area contributed by atoms with Crippen LogP contribution in [-0.4, -0.2) is 22.9 Å². The van der Waals surface area contributed by atoms with Crippen molar-refractivity contribution in [2.75, 3.05) is 12.6 Å². The Morgan fingerprint density at radius 3 is 2.88 bits per heavy atom. The molecule has 0 aliphatic rings. The number of nitrogens with zero attached hydrogens (tertiary/aromatic N) is 1. The van der Waals surface area contributed by atoms with Crippen LogP contribution in [0.5, 0.6) is 5.75 Å². The first-order valence-corrected chi connectivity index (χ1v) is 4.56. The van der Waals surface area contributed by atoms with Crippen LogP contribution in [0.1, 0.15) is 0 Å². The number of amides is 1. The molecule has 84 valence electrons. The minimum absolute atomic E-state index is 0.396. The van der Waals surface area contributed by atoms with Crippen LogP contribution in [0.2, 0.25) is 0 Å². The molecular formula is C10H11N3O3. The first kappa shape index (κ1) is 10.3. The number of fused-ring (bicyclic) bond motifs is 1. The second kappa shape index (κ2) is 3.74. The van der Waals surface area contributed by atoms with Crippen LogP contribution in [0.25, 0.3) is 10.9 Å². The molecule has 1 aromatic heterocycles. The Morgan fingerprint density at radius 1 is 1.56 bits per heavy atom. The molecule has 6 nitrogen and oxygen atoms in total. The molecule has 2 rings (SSSR count). The summed E-state index contributed by atoms with van der Waals surface area (Å²) in [6.45, 7) is 0. The van der Waals surface area contributed by atoms with Gasteiger partial charge in [-0.25, -0.2) is 4.79 Å². The molecule has 0 atom stereocenters. The molecule has 1 amide bonds. The largest absolute Gasteiger partial charge is 0.497 e. The molecule has 1 aromatic carbocycles. The van der Waals surface area contributed by atoms with Crippen molar-refractivity contribution in [3.05, 3.63) is 24.4 Å². The second-order valence-electron chi connectivity index (χ2n) is 3.25. The lowest BCUT2D eigenvalue weighted by Crippen LogP contribution is -2.18. The number of methoxy groups -OCH3 is 1. The number of nitrogens with one attached hydrogen (secondary N) is 1. The molecule has 2 aromatic rings. The number of aromatic nitrogens is 1. The number of carbonyl (C=O) groups excluding carboxylic acids is 1. The van der Waals surface area contributed by atoms with Crippen LogP contribution in [0, 0.1) is 0 Å². The highest BCUT2D eigenvalue weighted by molar-refractivity contribution is 5.99. The maximum atomic E-state index is 11.1. The summed E-state index contributed by atoms with van der Waals surface area (Å²) in [7, 11) is 1.54. The molecule has 4 N–H and O–H groups in total. The lowest BCUT2D eigenvalue weighted by Gasteiger charge is -2.01. The highest BCUT2D eigenvalue weighted by atomic mass is 16.5. The van der Waals surface area contributed by atoms with Gasteiger partial charge in [-0.1, -0.05) is 0 Å². The summed E-state index contributed by atoms with van der Waals surface area (Å²) in [5.41, 5.74) is 8.21. The quantitative estimate of drug-likeness (QED) is 0.668. The number of rotatable bonds is 2. The van der Waals surface area contributed by atoms with Crippen LogP contribution >= 0.6 is 0 Å². The summed E-state index contributed by atoms with van der Waals surface area (Å²) in [6.07, 6.45) is 1.42. The van der Waals surface area contributed by atoms with Crippen molar-refractivity contribution in [2.45, 2.75) is 0 Å². The van der Waals surface area contributed by atoms with Crippen molar-refractivity contribution in [2.24, 2.45) is 5.73 Å². The maximum Gasteiger partial charge on any atom is 0.323 e. The predicted molar refractivity (Wildman–Crippen MR) is 58.9 cm³/mol. The average molecular weight is 221 g/mol. The van der Waals surface area contributed by atoms with Crippen LogP contribution in [0.15, 0.2) is 24.4 Å². The van der Waals surface area contributed by atoms with E-state index < -0.39 is 6.03 Å². The highest BCUT2D eigenvalue weighted by Gasteiger charge is 2.11. The van der Waals surface area contributed by atoms with E-state index in [0.717, 1.165) is 0 Å². The van der Waals surface area contributed by atoms with E-state index in [2.05, 4.69) is 0 Å². The molecule has 0 fully saturated rings. The zero-order valence-electron chi connectivity index (χ0n) is 8.60. The Kier molecular flexibility index (Phi) is 2.41. The minimum atomic E-state index is -0.614. The molecule has 0 saturated heterocycles. The molecule has 16 heavy (non-hydrogen) atoms. The first-order valence-electron chi connectivity index (χ1n) is 4.56. The van der Waals surface area contributed by atoms with Crippen LogP contribution in [0.4, 0.5) is 10.5 Å². The number of primary amides is 1. The van der Waals surface area contributed by atoms with E-state index in [9.17, 15) is 4.79 Å². The summed E-state index contributed by atoms with van der Waals surface area (Å²) in [5, 5.41) is 9.59. The third-order valence-electron chi connectivity index (χ3n) is 2.37. The SMILES string of the molecule is COc1ccc2c(c1)c(NO)cn2C(N)=O. The normalized spacial score (nSPS) is 10.4. The topological polar surface area (TPSA) is 89.5 Å². The van der Waals surface area contributed by atoms with Crippen molar-refractivity contribution in [3.63, 3.8) is 0 Å². The fourth-order valence-corrected chi connectivity index (χ4v) is 1.61. The molecule has 0 spiro atoms. The van der Waals surface area contributed by atoms with Crippen molar-refractivity contribution >= 4 is 22.6 Å². The van der Waals surface area contributed by atoms with Gasteiger partial charge < -0.3 is 10.5 Å². The predicted octanol–water partition coefficient (Wildman–Crippen LogP) is 1.38. The summed E-state index contributed by atoms with van der Waals surface area (Å²) in [6, 6.07) is 4.49. The van der Waals surface area contributed by atoms with E-state index in [1.807, 2.05) is 5.48 Å². The highest BCUT2D eigenvalue weighted by Crippen LogP contribution is 2.28. The number of benzene rings is 1. The summed E-state index contributed by atoms with van der Waals surface area (Å²) in [4.78, 5) is 11.1. The van der Waals surface area contributed by atoms with Gasteiger partial charge in [-0.05, 0) is 18.2 Å². The van der Waals surface area contributed by atoms with Gasteiger partial charge in [0, 0.05) is 11.6 Å². The number of hydrogen-bond donors (Lipinski definition) is 3. The molecule has 0 saturated carbocycles. The van der Waals surface area contributed by atoms with E-state index in [-0.39, 0.29) is 0 Å². The van der Waals surface area contributed by atoms with Crippen LogP contribution in [-0.2, 0) is 0 Å². The number of anilines is 1. The smallest absolute Gasteiger partial charge is 0.323 e. The van der Waals surface area contributed by atoms with E-state index >= 15 is 0 Å². The van der Waals surface area contributed by atoms with Gasteiger partial charge in [0.05, 0.1) is 18.3 Å². The molecule has 1 heterocycles. The van der Waals surface area contributed by atoms with Gasteiger partial charge in [0.1, 0.15) is 5.75 Å². The zero-order valence-corrected chi connectivity index (χ0v) is 8.60. The molecule has 0 radical (unpaired) electrons. The second-order valence-corrected chi connectivity index (χ2v) is 3.25. The van der Waals surface area contributed by atoms with Gasteiger partial charge in [-0.15, -0.1) is 0 Å². The molecule has 0 bridgehead atoms. The van der Waals surface area contributed by atoms with Gasteiger partial charge in [-0.2, -0.15) is 0 Å². The minimum Gasteiger partial charge on any atom is -0.497 e. The molecule has 0 aliphatic heterocycles. The molecule has 6 heteroatoms. The standard InChI is InChI=1S/C10H11N3O3/c1-16-6-2-3-9-7(4-6)8(12-15)5-13(9)10(11)14/h2-5,12,15H,1H3,(H2,11,14). The molecule has 0 aliphatic carbocycles. The third-order valence-corrected chi connectivity index (χ3v) is 2.37. The van der Waals surface area contributed by atoms with Gasteiger partial charge in [0.25, 0.3) is 0 Å². The lowest BCUT2D eigenvalue weighted by molar-refractivity contribution is 0.251. The maximum absolute atomic E-state index is 11.1. The van der Waals surface area contributed by atoms with Crippen molar-refractivity contribution in [1.82, 2.24) is 4.57 Å². The van der Waals surface area contributed by atoms with E-state index in [0.29, 0.717) is 22.3 Å². The fourth-order valence-electron chi connectivity index (χ4n) is 1.61. The summed E-state index contributed by atoms with van der Waals surface area (Å²) >= 11 is 0. The van der Waals surface area contributed by atoms with Crippen molar-refractivity contribution < 1.29 is 14.7 Å². The lowest BCUT2D eigenvalue weighted by atomic mass is 10.2. The van der Waals surface area contributed by atoms with Crippen LogP contribution < -0.4 is 16.0 Å². The summed E-state index contributed by atoms with van der Waals surface area (Å²) in [5.74, 6) is 0.631. The Balaban J connectivity index is 2.74. The van der Waals surface area contributed by atoms with E-state index in [4.69, 9.17) is 15.7 Å². The summed E-state index contributed by atoms with van der Waals surface area (Å²) < 4.78 is 6.30. The third kappa shape index (κ3) is 1.45. The Bertz CT molecular complexity index is 547. The Hall–Kier alpha value is -2.21. The van der Waals surface area contributed by atoms with E-state index in [1.165, 1.54) is 17.9 Å². The number of nitrogens with two attached hydrogens (primary N) is 1. The monoisotopic (exact) mass is 221 g/mol. The van der Waals surface area contributed by atoms with Crippen LogP contribution in [0.3, 0.4) is 0 Å². The van der Waals surface area contributed by atoms with Gasteiger partial charge in [0.15, 0.2) is 0 Å². The van der Waals surface area contributed by atoms with Crippen molar-refractivity contribution in [1.29, 1.82) is 0 Å². The number of carbonyl (C=O) groups is 1. The number of hydrogen-bond acceptors (Lipinski definition) is 4. The first-order chi connectivity index (χ1) is 7.67. The Labute approximate surface area is 91.2 Å². The van der Waals surface area contributed by atoms with Gasteiger partial charge in [-0.3, -0.25) is 15.3 Å².